The zero-order valence-corrected chi connectivity index (χ0v) is 11.1. The van der Waals surface area contributed by atoms with Gasteiger partial charge in [-0.15, -0.1) is 0 Å². The molecule has 17 heavy (non-hydrogen) atoms. The minimum atomic E-state index is 0.143. The molecule has 0 aromatic heterocycles. The Morgan fingerprint density at radius 1 is 1.47 bits per heavy atom. The zero-order valence-electron chi connectivity index (χ0n) is 11.1. The lowest BCUT2D eigenvalue weighted by molar-refractivity contribution is -0.121. The Morgan fingerprint density at radius 2 is 2.29 bits per heavy atom. The topological polar surface area (TPSA) is 50.4 Å². The molecule has 1 atom stereocenters. The summed E-state index contributed by atoms with van der Waals surface area (Å²) in [6, 6.07) is 0.543. The predicted octanol–water partition coefficient (Wildman–Crippen LogP) is 1.45. The fourth-order valence-corrected chi connectivity index (χ4v) is 2.05. The molecule has 1 unspecified atom stereocenters. The fraction of sp³-hybridized carbons (Fsp3) is 0.923. The molecule has 1 heterocycles. The van der Waals surface area contributed by atoms with Crippen LogP contribution in [0.4, 0.5) is 0 Å². The second-order valence-corrected chi connectivity index (χ2v) is 4.96. The molecule has 1 fully saturated rings. The van der Waals surface area contributed by atoms with E-state index >= 15 is 0 Å². The molecule has 0 spiro atoms. The molecule has 0 aliphatic carbocycles. The van der Waals surface area contributed by atoms with E-state index in [1.165, 1.54) is 19.3 Å². The Morgan fingerprint density at radius 3 is 2.94 bits per heavy atom. The number of piperidine rings is 1. The number of hydrogen-bond donors (Lipinski definition) is 2. The highest BCUT2D eigenvalue weighted by Gasteiger charge is 2.13. The van der Waals surface area contributed by atoms with Gasteiger partial charge in [0.1, 0.15) is 0 Å². The zero-order chi connectivity index (χ0) is 12.5. The minimum absolute atomic E-state index is 0.143. The molecule has 100 valence electrons. The molecule has 0 aromatic carbocycles. The molecule has 2 N–H and O–H groups in total. The predicted molar refractivity (Wildman–Crippen MR) is 69.0 cm³/mol. The lowest BCUT2D eigenvalue weighted by Gasteiger charge is -2.23. The van der Waals surface area contributed by atoms with Gasteiger partial charge in [0.25, 0.3) is 0 Å². The maximum atomic E-state index is 11.5. The van der Waals surface area contributed by atoms with Crippen LogP contribution in [0.1, 0.15) is 46.0 Å². The van der Waals surface area contributed by atoms with Gasteiger partial charge in [0.2, 0.25) is 5.91 Å². The summed E-state index contributed by atoms with van der Waals surface area (Å²) < 4.78 is 5.36. The Balaban J connectivity index is 1.96. The number of ether oxygens (including phenoxy) is 1. The number of nitrogens with one attached hydrogen (secondary N) is 2. The third-order valence-corrected chi connectivity index (χ3v) is 3.01. The van der Waals surface area contributed by atoms with Gasteiger partial charge in [0.05, 0.1) is 12.7 Å². The number of carbonyl (C=O) groups is 1. The van der Waals surface area contributed by atoms with E-state index in [1.807, 2.05) is 13.8 Å². The van der Waals surface area contributed by atoms with Crippen LogP contribution in [0, 0.1) is 0 Å². The first kappa shape index (κ1) is 14.5. The van der Waals surface area contributed by atoms with Gasteiger partial charge in [-0.05, 0) is 39.7 Å². The third kappa shape index (κ3) is 7.34. The van der Waals surface area contributed by atoms with Crippen LogP contribution in [0.5, 0.6) is 0 Å². The number of amides is 1. The van der Waals surface area contributed by atoms with Crippen molar-refractivity contribution >= 4 is 5.91 Å². The van der Waals surface area contributed by atoms with Crippen LogP contribution in [0.25, 0.3) is 0 Å². The lowest BCUT2D eigenvalue weighted by atomic mass is 10.0. The summed E-state index contributed by atoms with van der Waals surface area (Å²) >= 11 is 0. The van der Waals surface area contributed by atoms with Crippen LogP contribution >= 0.6 is 0 Å². The molecule has 4 heteroatoms. The van der Waals surface area contributed by atoms with Gasteiger partial charge in [-0.25, -0.2) is 0 Å². The van der Waals surface area contributed by atoms with Gasteiger partial charge in [0, 0.05) is 19.0 Å². The smallest absolute Gasteiger partial charge is 0.220 e. The molecular formula is C13H26N2O2. The first-order valence-corrected chi connectivity index (χ1v) is 6.80. The van der Waals surface area contributed by atoms with Gasteiger partial charge in [-0.2, -0.15) is 0 Å². The maximum Gasteiger partial charge on any atom is 0.220 e. The summed E-state index contributed by atoms with van der Waals surface area (Å²) in [7, 11) is 0. The summed E-state index contributed by atoms with van der Waals surface area (Å²) in [5.74, 6) is 0.143. The average Bonchev–Trinajstić information content (AvgIpc) is 2.33. The Hall–Kier alpha value is -0.610. The van der Waals surface area contributed by atoms with Gasteiger partial charge < -0.3 is 15.4 Å². The van der Waals surface area contributed by atoms with Crippen molar-refractivity contribution in [1.29, 1.82) is 0 Å². The average molecular weight is 242 g/mol. The van der Waals surface area contributed by atoms with E-state index in [0.717, 1.165) is 13.0 Å². The van der Waals surface area contributed by atoms with Crippen LogP contribution in [-0.2, 0) is 9.53 Å². The second kappa shape index (κ2) is 8.48. The molecule has 1 aliphatic rings. The normalized spacial score (nSPS) is 20.5. The third-order valence-electron chi connectivity index (χ3n) is 3.01. The Bertz CT molecular complexity index is 213. The van der Waals surface area contributed by atoms with Crippen molar-refractivity contribution in [1.82, 2.24) is 10.6 Å². The van der Waals surface area contributed by atoms with E-state index in [-0.39, 0.29) is 12.0 Å². The van der Waals surface area contributed by atoms with Gasteiger partial charge in [-0.3, -0.25) is 4.79 Å². The fourth-order valence-electron chi connectivity index (χ4n) is 2.05. The summed E-state index contributed by atoms with van der Waals surface area (Å²) in [6.45, 7) is 6.32. The van der Waals surface area contributed by atoms with Crippen LogP contribution in [-0.4, -0.2) is 37.7 Å². The van der Waals surface area contributed by atoms with Crippen molar-refractivity contribution in [2.24, 2.45) is 0 Å². The monoisotopic (exact) mass is 242 g/mol. The van der Waals surface area contributed by atoms with E-state index < -0.39 is 0 Å². The number of hydrogen-bond acceptors (Lipinski definition) is 3. The highest BCUT2D eigenvalue weighted by molar-refractivity contribution is 5.75. The molecule has 0 bridgehead atoms. The van der Waals surface area contributed by atoms with Crippen LogP contribution in [0.3, 0.4) is 0 Å². The van der Waals surface area contributed by atoms with Crippen molar-refractivity contribution in [2.45, 2.75) is 58.1 Å². The Kier molecular flexibility index (Phi) is 7.21. The number of carbonyl (C=O) groups excluding carboxylic acids is 1. The summed E-state index contributed by atoms with van der Waals surface area (Å²) in [4.78, 5) is 11.5. The highest BCUT2D eigenvalue weighted by Crippen LogP contribution is 2.11. The first-order chi connectivity index (χ1) is 8.18. The minimum Gasteiger partial charge on any atom is -0.377 e. The van der Waals surface area contributed by atoms with Crippen LogP contribution in [0.15, 0.2) is 0 Å². The van der Waals surface area contributed by atoms with Gasteiger partial charge in [-0.1, -0.05) is 6.42 Å². The van der Waals surface area contributed by atoms with Crippen molar-refractivity contribution in [2.75, 3.05) is 19.7 Å². The highest BCUT2D eigenvalue weighted by atomic mass is 16.5. The summed E-state index contributed by atoms with van der Waals surface area (Å²) in [6.07, 6.45) is 5.59. The van der Waals surface area contributed by atoms with Crippen LogP contribution in [0.2, 0.25) is 0 Å². The standard InChI is InChI=1S/C13H26N2O2/c1-11(2)17-10-9-15-13(16)7-6-12-5-3-4-8-14-12/h11-12,14H,3-10H2,1-2H3,(H,15,16). The van der Waals surface area contributed by atoms with E-state index in [9.17, 15) is 4.79 Å². The maximum absolute atomic E-state index is 11.5. The van der Waals surface area contributed by atoms with Crippen molar-refractivity contribution in [3.05, 3.63) is 0 Å². The van der Waals surface area contributed by atoms with Gasteiger partial charge in [0.15, 0.2) is 0 Å². The largest absolute Gasteiger partial charge is 0.377 e. The molecule has 1 aliphatic heterocycles. The van der Waals surface area contributed by atoms with Crippen molar-refractivity contribution < 1.29 is 9.53 Å². The SMILES string of the molecule is CC(C)OCCNC(=O)CCC1CCCCN1. The molecule has 1 rings (SSSR count). The van der Waals surface area contributed by atoms with Gasteiger partial charge >= 0.3 is 0 Å². The lowest BCUT2D eigenvalue weighted by Crippen LogP contribution is -2.35. The van der Waals surface area contributed by atoms with Crippen molar-refractivity contribution in [3.8, 4) is 0 Å². The Labute approximate surface area is 104 Å². The molecule has 1 amide bonds. The second-order valence-electron chi connectivity index (χ2n) is 4.96. The molecular weight excluding hydrogens is 216 g/mol. The molecule has 4 nitrogen and oxygen atoms in total. The molecule has 0 radical (unpaired) electrons. The quantitative estimate of drug-likeness (QED) is 0.664. The molecule has 0 aromatic rings. The molecule has 0 saturated carbocycles. The number of rotatable bonds is 7. The summed E-state index contributed by atoms with van der Waals surface area (Å²) in [5.41, 5.74) is 0. The van der Waals surface area contributed by atoms with Crippen LogP contribution < -0.4 is 10.6 Å². The molecule has 1 saturated heterocycles. The van der Waals surface area contributed by atoms with Crippen molar-refractivity contribution in [3.63, 3.8) is 0 Å². The first-order valence-electron chi connectivity index (χ1n) is 6.80. The van der Waals surface area contributed by atoms with E-state index in [4.69, 9.17) is 4.74 Å². The van der Waals surface area contributed by atoms with E-state index in [0.29, 0.717) is 25.6 Å². The van der Waals surface area contributed by atoms with E-state index in [2.05, 4.69) is 10.6 Å². The van der Waals surface area contributed by atoms with E-state index in [1.54, 1.807) is 0 Å². The summed E-state index contributed by atoms with van der Waals surface area (Å²) in [5, 5.41) is 6.34.